The molecule has 0 spiro atoms. The Morgan fingerprint density at radius 3 is 2.71 bits per heavy atom. The molecule has 0 radical (unpaired) electrons. The molecule has 0 fully saturated rings. The minimum atomic E-state index is -0.230. The van der Waals surface area contributed by atoms with Crippen LogP contribution in [0.3, 0.4) is 0 Å². The highest BCUT2D eigenvalue weighted by atomic mass is 32.1. The van der Waals surface area contributed by atoms with Gasteiger partial charge < -0.3 is 10.1 Å². The fourth-order valence-electron chi connectivity index (χ4n) is 1.64. The van der Waals surface area contributed by atoms with Crippen molar-refractivity contribution in [2.45, 2.75) is 26.2 Å². The van der Waals surface area contributed by atoms with Gasteiger partial charge in [0.25, 0.3) is 5.56 Å². The third kappa shape index (κ3) is 1.98. The van der Waals surface area contributed by atoms with Crippen LogP contribution in [-0.2, 0) is 5.41 Å². The Bertz CT molecular complexity index is 647. The molecule has 0 saturated heterocycles. The lowest BCUT2D eigenvalue weighted by Crippen LogP contribution is -2.17. The van der Waals surface area contributed by atoms with Gasteiger partial charge in [-0.25, -0.2) is 4.98 Å². The van der Waals surface area contributed by atoms with Crippen LogP contribution in [0.25, 0.3) is 16.0 Å². The van der Waals surface area contributed by atoms with E-state index in [0.29, 0.717) is 10.2 Å². The van der Waals surface area contributed by atoms with E-state index >= 15 is 0 Å². The minimum absolute atomic E-state index is 0.106. The van der Waals surface area contributed by atoms with Crippen LogP contribution in [0.5, 0.6) is 0 Å². The van der Waals surface area contributed by atoms with E-state index in [4.69, 9.17) is 0 Å². The lowest BCUT2D eigenvalue weighted by Gasteiger charge is -2.16. The van der Waals surface area contributed by atoms with E-state index in [9.17, 15) is 9.90 Å². The minimum Gasteiger partial charge on any atom is -0.505 e. The van der Waals surface area contributed by atoms with Gasteiger partial charge in [-0.2, -0.15) is 0 Å². The monoisotopic (exact) mass is 250 g/mol. The molecule has 2 rings (SSSR count). The van der Waals surface area contributed by atoms with Crippen molar-refractivity contribution in [1.29, 1.82) is 0 Å². The van der Waals surface area contributed by atoms with Crippen LogP contribution >= 0.6 is 11.3 Å². The SMILES string of the molecule is C=C(O)c1nc2scc(C(C)(C)C)c2c(=O)[nH]1. The molecule has 0 aliphatic heterocycles. The summed E-state index contributed by atoms with van der Waals surface area (Å²) < 4.78 is 0. The second-order valence-electron chi connectivity index (χ2n) is 4.94. The molecule has 0 aliphatic carbocycles. The molecule has 2 heterocycles. The number of H-pyrrole nitrogens is 1. The number of nitrogens with one attached hydrogen (secondary N) is 1. The molecule has 0 saturated carbocycles. The highest BCUT2D eigenvalue weighted by Crippen LogP contribution is 2.31. The van der Waals surface area contributed by atoms with Crippen molar-refractivity contribution in [3.05, 3.63) is 33.7 Å². The average molecular weight is 250 g/mol. The van der Waals surface area contributed by atoms with Gasteiger partial charge in [-0.05, 0) is 16.4 Å². The number of hydrogen-bond acceptors (Lipinski definition) is 4. The van der Waals surface area contributed by atoms with Crippen LogP contribution < -0.4 is 5.56 Å². The Balaban J connectivity index is 2.81. The summed E-state index contributed by atoms with van der Waals surface area (Å²) in [5.74, 6) is -0.0977. The zero-order valence-corrected chi connectivity index (χ0v) is 10.8. The summed E-state index contributed by atoms with van der Waals surface area (Å²) in [5.41, 5.74) is 0.637. The molecule has 0 unspecified atom stereocenters. The summed E-state index contributed by atoms with van der Waals surface area (Å²) in [7, 11) is 0. The van der Waals surface area contributed by atoms with Crippen molar-refractivity contribution in [2.24, 2.45) is 0 Å². The van der Waals surface area contributed by atoms with Gasteiger partial charge >= 0.3 is 0 Å². The Labute approximate surface area is 103 Å². The molecular formula is C12H14N2O2S. The van der Waals surface area contributed by atoms with Crippen molar-refractivity contribution in [3.63, 3.8) is 0 Å². The highest BCUT2D eigenvalue weighted by Gasteiger charge is 2.21. The lowest BCUT2D eigenvalue weighted by molar-refractivity contribution is 0.507. The zero-order valence-electron chi connectivity index (χ0n) is 10.00. The van der Waals surface area contributed by atoms with Gasteiger partial charge in [0.2, 0.25) is 0 Å². The average Bonchev–Trinajstić information content (AvgIpc) is 2.60. The number of aromatic nitrogens is 2. The van der Waals surface area contributed by atoms with Crippen LogP contribution in [0.4, 0.5) is 0 Å². The summed E-state index contributed by atoms with van der Waals surface area (Å²) in [6, 6.07) is 0. The van der Waals surface area contributed by atoms with Crippen molar-refractivity contribution >= 4 is 27.3 Å². The number of fused-ring (bicyclic) bond motifs is 1. The third-order valence-corrected chi connectivity index (χ3v) is 3.40. The summed E-state index contributed by atoms with van der Waals surface area (Å²) in [6.45, 7) is 9.50. The number of aliphatic hydroxyl groups excluding tert-OH is 1. The van der Waals surface area contributed by atoms with E-state index in [2.05, 4.69) is 16.5 Å². The second kappa shape index (κ2) is 3.70. The third-order valence-electron chi connectivity index (χ3n) is 2.53. The zero-order chi connectivity index (χ0) is 12.8. The van der Waals surface area contributed by atoms with Crippen LogP contribution in [0.2, 0.25) is 0 Å². The Morgan fingerprint density at radius 2 is 2.18 bits per heavy atom. The maximum Gasteiger partial charge on any atom is 0.260 e. The smallest absolute Gasteiger partial charge is 0.260 e. The van der Waals surface area contributed by atoms with E-state index in [1.807, 2.05) is 26.2 Å². The summed E-state index contributed by atoms with van der Waals surface area (Å²) >= 11 is 1.40. The predicted molar refractivity (Wildman–Crippen MR) is 70.6 cm³/mol. The van der Waals surface area contributed by atoms with E-state index in [1.54, 1.807) is 0 Å². The first-order valence-electron chi connectivity index (χ1n) is 5.21. The summed E-state index contributed by atoms with van der Waals surface area (Å²) in [6.07, 6.45) is 0. The van der Waals surface area contributed by atoms with Crippen LogP contribution in [-0.4, -0.2) is 15.1 Å². The topological polar surface area (TPSA) is 66.0 Å². The molecule has 17 heavy (non-hydrogen) atoms. The Hall–Kier alpha value is -1.62. The van der Waals surface area contributed by atoms with Crippen molar-refractivity contribution in [3.8, 4) is 0 Å². The molecule has 2 aromatic rings. The van der Waals surface area contributed by atoms with Gasteiger partial charge in [-0.1, -0.05) is 27.4 Å². The van der Waals surface area contributed by atoms with Gasteiger partial charge in [0.15, 0.2) is 11.6 Å². The van der Waals surface area contributed by atoms with Crippen LogP contribution in [0.1, 0.15) is 32.2 Å². The normalized spacial score (nSPS) is 11.9. The number of nitrogens with zero attached hydrogens (tertiary/aromatic N) is 1. The molecule has 5 heteroatoms. The largest absolute Gasteiger partial charge is 0.505 e. The van der Waals surface area contributed by atoms with Gasteiger partial charge in [0, 0.05) is 0 Å². The first-order chi connectivity index (χ1) is 7.80. The van der Waals surface area contributed by atoms with E-state index < -0.39 is 0 Å². The molecule has 0 aliphatic rings. The van der Waals surface area contributed by atoms with Crippen molar-refractivity contribution in [2.75, 3.05) is 0 Å². The van der Waals surface area contributed by atoms with Gasteiger partial charge in [0.1, 0.15) is 4.83 Å². The molecular weight excluding hydrogens is 236 g/mol. The number of aromatic amines is 1. The number of rotatable bonds is 1. The molecule has 0 aromatic carbocycles. The van der Waals surface area contributed by atoms with Crippen LogP contribution in [0, 0.1) is 0 Å². The summed E-state index contributed by atoms with van der Waals surface area (Å²) in [5, 5.41) is 11.8. The Kier molecular flexibility index (Phi) is 2.58. The van der Waals surface area contributed by atoms with E-state index in [0.717, 1.165) is 5.56 Å². The molecule has 2 N–H and O–H groups in total. The summed E-state index contributed by atoms with van der Waals surface area (Å²) in [4.78, 5) is 19.3. The molecule has 0 bridgehead atoms. The molecule has 90 valence electrons. The first kappa shape index (κ1) is 11.9. The van der Waals surface area contributed by atoms with Crippen LogP contribution in [0.15, 0.2) is 16.8 Å². The molecule has 4 nitrogen and oxygen atoms in total. The fourth-order valence-corrected chi connectivity index (χ4v) is 2.80. The van der Waals surface area contributed by atoms with Gasteiger partial charge in [-0.3, -0.25) is 4.79 Å². The molecule has 2 aromatic heterocycles. The first-order valence-corrected chi connectivity index (χ1v) is 6.09. The maximum absolute atomic E-state index is 12.0. The number of aliphatic hydroxyl groups is 1. The molecule has 0 atom stereocenters. The predicted octanol–water partition coefficient (Wildman–Crippen LogP) is 2.81. The second-order valence-corrected chi connectivity index (χ2v) is 5.80. The van der Waals surface area contributed by atoms with E-state index in [1.165, 1.54) is 11.3 Å². The van der Waals surface area contributed by atoms with Crippen molar-refractivity contribution < 1.29 is 5.11 Å². The quantitative estimate of drug-likeness (QED) is 0.765. The van der Waals surface area contributed by atoms with Crippen molar-refractivity contribution in [1.82, 2.24) is 9.97 Å². The highest BCUT2D eigenvalue weighted by molar-refractivity contribution is 7.16. The maximum atomic E-state index is 12.0. The lowest BCUT2D eigenvalue weighted by atomic mass is 9.87. The molecule has 0 amide bonds. The number of hydrogen-bond donors (Lipinski definition) is 2. The number of thiophene rings is 1. The Morgan fingerprint density at radius 1 is 1.53 bits per heavy atom. The van der Waals surface area contributed by atoms with Gasteiger partial charge in [0.05, 0.1) is 5.39 Å². The fraction of sp³-hybridized carbons (Fsp3) is 0.333. The standard InChI is InChI=1S/C12H14N2O2S/c1-6(15)9-13-10(16)8-7(12(2,3)4)5-17-11(8)14-9/h5,15H,1H2,2-4H3,(H,13,14,16). The van der Waals surface area contributed by atoms with Gasteiger partial charge in [-0.15, -0.1) is 11.3 Å². The van der Waals surface area contributed by atoms with E-state index in [-0.39, 0.29) is 22.6 Å².